The van der Waals surface area contributed by atoms with Crippen LogP contribution in [0, 0.1) is 5.82 Å². The topological polar surface area (TPSA) is 58.3 Å². The SMILES string of the molecule is CCC(C)N1CCN(c2nc(N)ncc2F)CC1. The first-order chi connectivity index (χ1) is 8.61. The zero-order valence-corrected chi connectivity index (χ0v) is 10.9. The average molecular weight is 253 g/mol. The first-order valence-electron chi connectivity index (χ1n) is 6.38. The number of nitrogen functional groups attached to an aromatic ring is 1. The van der Waals surface area contributed by atoms with E-state index in [4.69, 9.17) is 5.73 Å². The van der Waals surface area contributed by atoms with Crippen molar-refractivity contribution in [3.8, 4) is 0 Å². The summed E-state index contributed by atoms with van der Waals surface area (Å²) in [5.74, 6) is 0.0447. The highest BCUT2D eigenvalue weighted by molar-refractivity contribution is 5.43. The maximum atomic E-state index is 13.6. The second kappa shape index (κ2) is 5.48. The largest absolute Gasteiger partial charge is 0.368 e. The summed E-state index contributed by atoms with van der Waals surface area (Å²) < 4.78 is 13.6. The highest BCUT2D eigenvalue weighted by atomic mass is 19.1. The Labute approximate surface area is 107 Å². The number of nitrogens with two attached hydrogens (primary N) is 1. The molecule has 0 bridgehead atoms. The molecule has 100 valence electrons. The Morgan fingerprint density at radius 1 is 1.39 bits per heavy atom. The van der Waals surface area contributed by atoms with Gasteiger partial charge in [0.15, 0.2) is 11.6 Å². The van der Waals surface area contributed by atoms with Gasteiger partial charge in [-0.25, -0.2) is 9.37 Å². The summed E-state index contributed by atoms with van der Waals surface area (Å²) in [5.41, 5.74) is 5.51. The van der Waals surface area contributed by atoms with Crippen LogP contribution in [0.2, 0.25) is 0 Å². The molecule has 1 saturated heterocycles. The lowest BCUT2D eigenvalue weighted by molar-refractivity contribution is 0.192. The van der Waals surface area contributed by atoms with Crippen molar-refractivity contribution in [2.24, 2.45) is 0 Å². The Hall–Kier alpha value is -1.43. The first-order valence-corrected chi connectivity index (χ1v) is 6.38. The van der Waals surface area contributed by atoms with E-state index in [0.717, 1.165) is 38.8 Å². The summed E-state index contributed by atoms with van der Waals surface area (Å²) in [6, 6.07) is 0.576. The lowest BCUT2D eigenvalue weighted by atomic mass is 10.2. The van der Waals surface area contributed by atoms with Crippen LogP contribution in [0.4, 0.5) is 16.2 Å². The number of rotatable bonds is 3. The van der Waals surface area contributed by atoms with Crippen molar-refractivity contribution >= 4 is 11.8 Å². The third-order valence-corrected chi connectivity index (χ3v) is 3.57. The van der Waals surface area contributed by atoms with Gasteiger partial charge in [0.05, 0.1) is 6.20 Å². The quantitative estimate of drug-likeness (QED) is 0.874. The maximum absolute atomic E-state index is 13.6. The summed E-state index contributed by atoms with van der Waals surface area (Å²) >= 11 is 0. The predicted molar refractivity (Wildman–Crippen MR) is 69.9 cm³/mol. The molecule has 1 unspecified atom stereocenters. The van der Waals surface area contributed by atoms with Crippen LogP contribution in [-0.4, -0.2) is 47.1 Å². The third kappa shape index (κ3) is 2.69. The van der Waals surface area contributed by atoms with Crippen LogP contribution in [0.5, 0.6) is 0 Å². The standard InChI is InChI=1S/C12H20FN5/c1-3-9(2)17-4-6-18(7-5-17)11-10(13)8-15-12(14)16-11/h8-9H,3-7H2,1-2H3,(H2,14,15,16). The number of halogens is 1. The maximum Gasteiger partial charge on any atom is 0.222 e. The van der Waals surface area contributed by atoms with Crippen LogP contribution in [-0.2, 0) is 0 Å². The molecule has 5 nitrogen and oxygen atoms in total. The van der Waals surface area contributed by atoms with Crippen molar-refractivity contribution in [3.63, 3.8) is 0 Å². The van der Waals surface area contributed by atoms with E-state index in [2.05, 4.69) is 28.7 Å². The van der Waals surface area contributed by atoms with Gasteiger partial charge in [-0.2, -0.15) is 4.98 Å². The molecule has 1 fully saturated rings. The molecule has 0 spiro atoms. The Bertz CT molecular complexity index is 403. The van der Waals surface area contributed by atoms with E-state index in [-0.39, 0.29) is 5.95 Å². The van der Waals surface area contributed by atoms with Crippen LogP contribution in [0.1, 0.15) is 20.3 Å². The summed E-state index contributed by atoms with van der Waals surface area (Å²) in [4.78, 5) is 12.0. The lowest BCUT2D eigenvalue weighted by Crippen LogP contribution is -2.50. The fourth-order valence-electron chi connectivity index (χ4n) is 2.23. The number of anilines is 2. The normalized spacial score (nSPS) is 18.9. The first kappa shape index (κ1) is 13.0. The van der Waals surface area contributed by atoms with E-state index in [1.807, 2.05) is 4.90 Å². The Morgan fingerprint density at radius 3 is 2.67 bits per heavy atom. The molecule has 0 aromatic carbocycles. The van der Waals surface area contributed by atoms with Gasteiger partial charge in [0.2, 0.25) is 5.95 Å². The van der Waals surface area contributed by atoms with Crippen molar-refractivity contribution < 1.29 is 4.39 Å². The predicted octanol–water partition coefficient (Wildman–Crippen LogP) is 1.12. The fraction of sp³-hybridized carbons (Fsp3) is 0.667. The minimum atomic E-state index is -0.402. The number of aromatic nitrogens is 2. The summed E-state index contributed by atoms with van der Waals surface area (Å²) in [7, 11) is 0. The van der Waals surface area contributed by atoms with E-state index in [0.29, 0.717) is 11.9 Å². The van der Waals surface area contributed by atoms with Crippen molar-refractivity contribution in [2.45, 2.75) is 26.3 Å². The molecule has 2 N–H and O–H groups in total. The van der Waals surface area contributed by atoms with E-state index >= 15 is 0 Å². The van der Waals surface area contributed by atoms with Gasteiger partial charge in [-0.1, -0.05) is 6.92 Å². The molecule has 0 radical (unpaired) electrons. The van der Waals surface area contributed by atoms with Crippen LogP contribution < -0.4 is 10.6 Å². The van der Waals surface area contributed by atoms with Gasteiger partial charge in [0.25, 0.3) is 0 Å². The van der Waals surface area contributed by atoms with Gasteiger partial charge in [-0.05, 0) is 13.3 Å². The van der Waals surface area contributed by atoms with E-state index in [9.17, 15) is 4.39 Å². The van der Waals surface area contributed by atoms with E-state index in [1.165, 1.54) is 0 Å². The molecular weight excluding hydrogens is 233 g/mol. The zero-order valence-electron chi connectivity index (χ0n) is 10.9. The number of hydrogen-bond acceptors (Lipinski definition) is 5. The minimum absolute atomic E-state index is 0.121. The van der Waals surface area contributed by atoms with Gasteiger partial charge < -0.3 is 10.6 Å². The molecule has 0 saturated carbocycles. The second-order valence-electron chi connectivity index (χ2n) is 4.68. The fourth-order valence-corrected chi connectivity index (χ4v) is 2.23. The Kier molecular flexibility index (Phi) is 3.96. The van der Waals surface area contributed by atoms with E-state index < -0.39 is 5.82 Å². The number of nitrogens with zero attached hydrogens (tertiary/aromatic N) is 4. The summed E-state index contributed by atoms with van der Waals surface area (Å²) in [5, 5.41) is 0. The van der Waals surface area contributed by atoms with Gasteiger partial charge in [0, 0.05) is 32.2 Å². The molecular formula is C12H20FN5. The van der Waals surface area contributed by atoms with E-state index in [1.54, 1.807) is 0 Å². The molecule has 2 heterocycles. The highest BCUT2D eigenvalue weighted by Crippen LogP contribution is 2.19. The zero-order chi connectivity index (χ0) is 13.1. The summed E-state index contributed by atoms with van der Waals surface area (Å²) in [6.45, 7) is 7.81. The van der Waals surface area contributed by atoms with Crippen LogP contribution in [0.15, 0.2) is 6.20 Å². The van der Waals surface area contributed by atoms with Crippen molar-refractivity contribution in [2.75, 3.05) is 36.8 Å². The van der Waals surface area contributed by atoms with Crippen molar-refractivity contribution in [1.29, 1.82) is 0 Å². The average Bonchev–Trinajstić information content (AvgIpc) is 2.41. The van der Waals surface area contributed by atoms with Gasteiger partial charge in [-0.15, -0.1) is 0 Å². The molecule has 1 aliphatic heterocycles. The molecule has 18 heavy (non-hydrogen) atoms. The van der Waals surface area contributed by atoms with Crippen molar-refractivity contribution in [1.82, 2.24) is 14.9 Å². The number of hydrogen-bond donors (Lipinski definition) is 1. The molecule has 1 aliphatic rings. The highest BCUT2D eigenvalue weighted by Gasteiger charge is 2.23. The Morgan fingerprint density at radius 2 is 2.06 bits per heavy atom. The molecule has 6 heteroatoms. The van der Waals surface area contributed by atoms with Crippen molar-refractivity contribution in [3.05, 3.63) is 12.0 Å². The van der Waals surface area contributed by atoms with Crippen LogP contribution in [0.3, 0.4) is 0 Å². The smallest absolute Gasteiger partial charge is 0.222 e. The van der Waals surface area contributed by atoms with Gasteiger partial charge in [-0.3, -0.25) is 4.90 Å². The van der Waals surface area contributed by atoms with Crippen LogP contribution >= 0.6 is 0 Å². The molecule has 0 aliphatic carbocycles. The minimum Gasteiger partial charge on any atom is -0.368 e. The third-order valence-electron chi connectivity index (χ3n) is 3.57. The molecule has 2 rings (SSSR count). The molecule has 0 amide bonds. The second-order valence-corrected chi connectivity index (χ2v) is 4.68. The number of piperazine rings is 1. The lowest BCUT2D eigenvalue weighted by Gasteiger charge is -2.38. The Balaban J connectivity index is 2.03. The van der Waals surface area contributed by atoms with Crippen LogP contribution in [0.25, 0.3) is 0 Å². The van der Waals surface area contributed by atoms with Gasteiger partial charge in [0.1, 0.15) is 0 Å². The molecule has 1 atom stereocenters. The monoisotopic (exact) mass is 253 g/mol. The summed E-state index contributed by atoms with van der Waals surface area (Å²) in [6.07, 6.45) is 2.27. The molecule has 1 aromatic heterocycles. The molecule has 1 aromatic rings. The van der Waals surface area contributed by atoms with Gasteiger partial charge >= 0.3 is 0 Å².